The zero-order valence-corrected chi connectivity index (χ0v) is 22.1. The van der Waals surface area contributed by atoms with E-state index in [-0.39, 0.29) is 18.3 Å². The van der Waals surface area contributed by atoms with Crippen LogP contribution in [0.3, 0.4) is 0 Å². The monoisotopic (exact) mass is 503 g/mol. The number of thioether (sulfide) groups is 1. The van der Waals surface area contributed by atoms with Gasteiger partial charge in [-0.05, 0) is 68.9 Å². The Morgan fingerprint density at radius 1 is 0.794 bits per heavy atom. The SMILES string of the molecule is CSCCC(N)C(=O)NC(CC(C)C)C(=O)NC(CC(C)C)C(=O)NC(CCCCN)C(=O)O. The average molecular weight is 504 g/mol. The van der Waals surface area contributed by atoms with Gasteiger partial charge in [0.25, 0.3) is 0 Å². The van der Waals surface area contributed by atoms with Gasteiger partial charge in [0.15, 0.2) is 0 Å². The van der Waals surface area contributed by atoms with Crippen molar-refractivity contribution in [2.24, 2.45) is 23.3 Å². The molecule has 0 aromatic heterocycles. The van der Waals surface area contributed by atoms with E-state index >= 15 is 0 Å². The van der Waals surface area contributed by atoms with E-state index in [9.17, 15) is 24.3 Å². The Hall–Kier alpha value is -1.85. The van der Waals surface area contributed by atoms with Gasteiger partial charge in [0, 0.05) is 0 Å². The van der Waals surface area contributed by atoms with Crippen molar-refractivity contribution in [3.8, 4) is 0 Å². The zero-order chi connectivity index (χ0) is 26.3. The van der Waals surface area contributed by atoms with E-state index < -0.39 is 47.9 Å². The minimum absolute atomic E-state index is 0.0645. The molecule has 4 atom stereocenters. The predicted octanol–water partition coefficient (Wildman–Crippen LogP) is 0.827. The molecule has 11 heteroatoms. The molecule has 0 saturated heterocycles. The van der Waals surface area contributed by atoms with Crippen molar-refractivity contribution < 1.29 is 24.3 Å². The largest absolute Gasteiger partial charge is 0.480 e. The van der Waals surface area contributed by atoms with E-state index in [4.69, 9.17) is 11.5 Å². The summed E-state index contributed by atoms with van der Waals surface area (Å²) in [6.07, 6.45) is 4.58. The van der Waals surface area contributed by atoms with Crippen molar-refractivity contribution in [2.45, 2.75) is 90.4 Å². The van der Waals surface area contributed by atoms with Gasteiger partial charge < -0.3 is 32.5 Å². The number of nitrogens with one attached hydrogen (secondary N) is 3. The molecule has 0 rings (SSSR count). The fraction of sp³-hybridized carbons (Fsp3) is 0.826. The number of carboxylic acid groups (broad SMARTS) is 1. The molecule has 10 nitrogen and oxygen atoms in total. The van der Waals surface area contributed by atoms with Crippen LogP contribution in [0.5, 0.6) is 0 Å². The van der Waals surface area contributed by atoms with E-state index in [2.05, 4.69) is 16.0 Å². The number of nitrogens with two attached hydrogens (primary N) is 2. The minimum atomic E-state index is -1.14. The van der Waals surface area contributed by atoms with Crippen LogP contribution in [0.2, 0.25) is 0 Å². The zero-order valence-electron chi connectivity index (χ0n) is 21.3. The molecule has 0 bridgehead atoms. The molecule has 0 heterocycles. The first kappa shape index (κ1) is 32.1. The van der Waals surface area contributed by atoms with Gasteiger partial charge in [-0.1, -0.05) is 27.7 Å². The van der Waals surface area contributed by atoms with E-state index in [1.807, 2.05) is 34.0 Å². The lowest BCUT2D eigenvalue weighted by atomic mass is 9.99. The highest BCUT2D eigenvalue weighted by atomic mass is 32.2. The highest BCUT2D eigenvalue weighted by Crippen LogP contribution is 2.11. The Morgan fingerprint density at radius 3 is 1.68 bits per heavy atom. The number of unbranched alkanes of at least 4 members (excludes halogenated alkanes) is 1. The molecule has 0 spiro atoms. The summed E-state index contributed by atoms with van der Waals surface area (Å²) >= 11 is 1.58. The van der Waals surface area contributed by atoms with Crippen LogP contribution in [0.1, 0.15) is 66.2 Å². The third-order valence-electron chi connectivity index (χ3n) is 5.21. The van der Waals surface area contributed by atoms with Gasteiger partial charge in [-0.2, -0.15) is 11.8 Å². The summed E-state index contributed by atoms with van der Waals surface area (Å²) in [6.45, 7) is 8.10. The van der Waals surface area contributed by atoms with E-state index in [1.165, 1.54) is 0 Å². The van der Waals surface area contributed by atoms with Gasteiger partial charge in [-0.3, -0.25) is 14.4 Å². The van der Waals surface area contributed by atoms with Gasteiger partial charge in [0.1, 0.15) is 18.1 Å². The molecular weight excluding hydrogens is 458 g/mol. The number of hydrogen-bond acceptors (Lipinski definition) is 7. The predicted molar refractivity (Wildman–Crippen MR) is 136 cm³/mol. The Bertz CT molecular complexity index is 647. The molecule has 0 aliphatic carbocycles. The maximum Gasteiger partial charge on any atom is 0.326 e. The van der Waals surface area contributed by atoms with E-state index in [0.29, 0.717) is 38.6 Å². The van der Waals surface area contributed by atoms with E-state index in [0.717, 1.165) is 5.75 Å². The second-order valence-corrected chi connectivity index (χ2v) is 10.4. The fourth-order valence-corrected chi connectivity index (χ4v) is 3.84. The molecule has 8 N–H and O–H groups in total. The topological polar surface area (TPSA) is 177 Å². The lowest BCUT2D eigenvalue weighted by Crippen LogP contribution is -2.57. The Labute approximate surface area is 208 Å². The van der Waals surface area contributed by atoms with E-state index in [1.54, 1.807) is 11.8 Å². The Morgan fingerprint density at radius 2 is 1.26 bits per heavy atom. The summed E-state index contributed by atoms with van der Waals surface area (Å²) in [5, 5.41) is 17.5. The van der Waals surface area contributed by atoms with Crippen LogP contribution in [0.25, 0.3) is 0 Å². The minimum Gasteiger partial charge on any atom is -0.480 e. The molecule has 198 valence electrons. The molecule has 0 aromatic rings. The number of amides is 3. The lowest BCUT2D eigenvalue weighted by Gasteiger charge is -2.27. The molecule has 0 radical (unpaired) electrons. The second-order valence-electron chi connectivity index (χ2n) is 9.45. The molecule has 4 unspecified atom stereocenters. The van der Waals surface area contributed by atoms with Crippen LogP contribution < -0.4 is 27.4 Å². The summed E-state index contributed by atoms with van der Waals surface area (Å²) in [7, 11) is 0. The van der Waals surface area contributed by atoms with Gasteiger partial charge in [-0.25, -0.2) is 4.79 Å². The Kier molecular flexibility index (Phi) is 16.6. The third kappa shape index (κ3) is 13.8. The number of carbonyl (C=O) groups excluding carboxylic acids is 3. The molecule has 0 fully saturated rings. The average Bonchev–Trinajstić information content (AvgIpc) is 2.74. The molecule has 0 saturated carbocycles. The van der Waals surface area contributed by atoms with Crippen molar-refractivity contribution in [3.63, 3.8) is 0 Å². The smallest absolute Gasteiger partial charge is 0.326 e. The van der Waals surface area contributed by atoms with Crippen LogP contribution in [0.4, 0.5) is 0 Å². The summed E-state index contributed by atoms with van der Waals surface area (Å²) in [5.41, 5.74) is 11.4. The molecular formula is C23H45N5O5S. The first-order valence-electron chi connectivity index (χ1n) is 12.0. The first-order chi connectivity index (χ1) is 15.9. The molecule has 0 aromatic carbocycles. The maximum atomic E-state index is 13.1. The summed E-state index contributed by atoms with van der Waals surface area (Å²) in [4.78, 5) is 50.1. The third-order valence-corrected chi connectivity index (χ3v) is 5.86. The second kappa shape index (κ2) is 17.6. The normalized spacial score (nSPS) is 14.9. The number of rotatable bonds is 18. The van der Waals surface area contributed by atoms with Crippen molar-refractivity contribution >= 4 is 35.5 Å². The van der Waals surface area contributed by atoms with Crippen LogP contribution >= 0.6 is 11.8 Å². The molecule has 34 heavy (non-hydrogen) atoms. The highest BCUT2D eigenvalue weighted by molar-refractivity contribution is 7.98. The molecule has 0 aliphatic heterocycles. The number of carbonyl (C=O) groups is 4. The summed E-state index contributed by atoms with van der Waals surface area (Å²) in [5.74, 6) is -1.70. The first-order valence-corrected chi connectivity index (χ1v) is 13.4. The van der Waals surface area contributed by atoms with Crippen LogP contribution in [-0.4, -0.2) is 71.5 Å². The van der Waals surface area contributed by atoms with Gasteiger partial charge in [-0.15, -0.1) is 0 Å². The van der Waals surface area contributed by atoms with Crippen molar-refractivity contribution in [3.05, 3.63) is 0 Å². The highest BCUT2D eigenvalue weighted by Gasteiger charge is 2.30. The van der Waals surface area contributed by atoms with Gasteiger partial charge in [0.05, 0.1) is 6.04 Å². The van der Waals surface area contributed by atoms with Crippen LogP contribution in [0.15, 0.2) is 0 Å². The number of carboxylic acids is 1. The van der Waals surface area contributed by atoms with Crippen molar-refractivity contribution in [2.75, 3.05) is 18.6 Å². The molecule has 3 amide bonds. The van der Waals surface area contributed by atoms with Gasteiger partial charge in [0.2, 0.25) is 17.7 Å². The number of hydrogen-bond donors (Lipinski definition) is 6. The van der Waals surface area contributed by atoms with Crippen molar-refractivity contribution in [1.82, 2.24) is 16.0 Å². The van der Waals surface area contributed by atoms with Crippen LogP contribution in [-0.2, 0) is 19.2 Å². The van der Waals surface area contributed by atoms with Crippen molar-refractivity contribution in [1.29, 1.82) is 0 Å². The maximum absolute atomic E-state index is 13.1. The fourth-order valence-electron chi connectivity index (χ4n) is 3.36. The summed E-state index contributed by atoms with van der Waals surface area (Å²) < 4.78 is 0. The van der Waals surface area contributed by atoms with Crippen LogP contribution in [0, 0.1) is 11.8 Å². The standard InChI is InChI=1S/C23H45N5O5S/c1-14(2)12-18(27-20(29)16(25)9-11-34-5)22(31)28-19(13-15(3)4)21(30)26-17(23(32)33)8-6-7-10-24/h14-19H,6-13,24-25H2,1-5H3,(H,26,30)(H,27,29)(H,28,31)(H,32,33). The van der Waals surface area contributed by atoms with Gasteiger partial charge >= 0.3 is 5.97 Å². The quantitative estimate of drug-likeness (QED) is 0.149. The lowest BCUT2D eigenvalue weighted by molar-refractivity contribution is -0.142. The molecule has 0 aliphatic rings. The summed E-state index contributed by atoms with van der Waals surface area (Å²) in [6, 6.07) is -3.57. The number of aliphatic carboxylic acids is 1. The Balaban J connectivity index is 5.41.